The summed E-state index contributed by atoms with van der Waals surface area (Å²) >= 11 is 7.34. The van der Waals surface area contributed by atoms with Crippen LogP contribution in [0.4, 0.5) is 13.2 Å². The van der Waals surface area contributed by atoms with Crippen molar-refractivity contribution in [1.29, 1.82) is 0 Å². The van der Waals surface area contributed by atoms with Gasteiger partial charge in [0.25, 0.3) is 11.8 Å². The maximum absolute atomic E-state index is 13.0. The van der Waals surface area contributed by atoms with Gasteiger partial charge in [0.1, 0.15) is 5.52 Å². The molecule has 0 aromatic carbocycles. The number of alkyl halides is 3. The molecule has 1 N–H and O–H groups in total. The zero-order valence-electron chi connectivity index (χ0n) is 18.6. The number of furan rings is 1. The number of nitrogens with one attached hydrogen (secondary N) is 1. The molecule has 0 unspecified atom stereocenters. The van der Waals surface area contributed by atoms with Gasteiger partial charge in [-0.1, -0.05) is 11.6 Å². The minimum absolute atomic E-state index is 0.0989. The number of aromatic nitrogens is 2. The Hall–Kier alpha value is -3.44. The molecule has 1 aliphatic rings. The molecule has 7 nitrogen and oxygen atoms in total. The second-order valence-corrected chi connectivity index (χ2v) is 9.58. The standard InChI is InChI=1S/C24H18ClF3N4O3S/c25-17-8-14(24(26,27)28)10-31-18(17)1-4-29-22(33)16-12-36-21-11-32(5-2-15(16)21)23(34)13-7-20-19(30-9-13)3-6-35-20/h3,6-10,12H,1-2,4-5,11H2,(H,29,33). The van der Waals surface area contributed by atoms with E-state index in [9.17, 15) is 22.8 Å². The molecule has 12 heteroatoms. The molecular formula is C24H18ClF3N4O3S. The van der Waals surface area contributed by atoms with Crippen LogP contribution in [0.2, 0.25) is 5.02 Å². The Balaban J connectivity index is 1.20. The van der Waals surface area contributed by atoms with Crippen LogP contribution in [0.15, 0.2) is 46.7 Å². The van der Waals surface area contributed by atoms with Crippen molar-refractivity contribution in [3.8, 4) is 0 Å². The largest absolute Gasteiger partial charge is 0.463 e. The smallest absolute Gasteiger partial charge is 0.417 e. The van der Waals surface area contributed by atoms with Gasteiger partial charge < -0.3 is 14.6 Å². The van der Waals surface area contributed by atoms with Crippen LogP contribution in [0, 0.1) is 0 Å². The third-order valence-corrected chi connectivity index (χ3v) is 7.26. The molecule has 0 radical (unpaired) electrons. The fourth-order valence-electron chi connectivity index (χ4n) is 4.03. The minimum Gasteiger partial charge on any atom is -0.463 e. The molecule has 5 heterocycles. The van der Waals surface area contributed by atoms with E-state index in [1.807, 2.05) is 0 Å². The lowest BCUT2D eigenvalue weighted by Gasteiger charge is -2.27. The van der Waals surface area contributed by atoms with Crippen molar-refractivity contribution in [2.24, 2.45) is 0 Å². The molecule has 1 aliphatic heterocycles. The van der Waals surface area contributed by atoms with E-state index in [0.717, 1.165) is 22.7 Å². The lowest BCUT2D eigenvalue weighted by atomic mass is 10.0. The van der Waals surface area contributed by atoms with Gasteiger partial charge >= 0.3 is 6.18 Å². The lowest BCUT2D eigenvalue weighted by Crippen LogP contribution is -2.36. The molecule has 0 atom stereocenters. The molecule has 0 saturated carbocycles. The molecule has 2 amide bonds. The number of thiophene rings is 1. The molecule has 4 aromatic rings. The summed E-state index contributed by atoms with van der Waals surface area (Å²) in [4.78, 5) is 36.4. The van der Waals surface area contributed by atoms with Crippen molar-refractivity contribution in [3.05, 3.63) is 80.1 Å². The number of nitrogens with zero attached hydrogens (tertiary/aromatic N) is 3. The van der Waals surface area contributed by atoms with Crippen LogP contribution in [0.1, 0.15) is 42.4 Å². The van der Waals surface area contributed by atoms with E-state index in [1.54, 1.807) is 22.4 Å². The number of carbonyl (C=O) groups excluding carboxylic acids is 2. The van der Waals surface area contributed by atoms with Gasteiger partial charge in [-0.05, 0) is 24.1 Å². The van der Waals surface area contributed by atoms with Gasteiger partial charge in [-0.15, -0.1) is 11.3 Å². The number of halogens is 4. The van der Waals surface area contributed by atoms with Crippen LogP contribution in [-0.2, 0) is 25.6 Å². The third-order valence-electron chi connectivity index (χ3n) is 5.92. The van der Waals surface area contributed by atoms with E-state index in [0.29, 0.717) is 41.7 Å². The van der Waals surface area contributed by atoms with Crippen molar-refractivity contribution in [2.45, 2.75) is 25.6 Å². The monoisotopic (exact) mass is 534 g/mol. The van der Waals surface area contributed by atoms with Crippen LogP contribution in [0.3, 0.4) is 0 Å². The third kappa shape index (κ3) is 4.80. The molecule has 0 spiro atoms. The highest BCUT2D eigenvalue weighted by molar-refractivity contribution is 7.10. The Morgan fingerprint density at radius 3 is 2.83 bits per heavy atom. The SMILES string of the molecule is O=C(NCCc1ncc(C(F)(F)F)cc1Cl)c1csc2c1CCN(C(=O)c1cnc3ccoc3c1)C2. The number of hydrogen-bond donors (Lipinski definition) is 1. The maximum Gasteiger partial charge on any atom is 0.417 e. The number of carbonyl (C=O) groups is 2. The molecule has 4 aromatic heterocycles. The van der Waals surface area contributed by atoms with Crippen LogP contribution in [0.5, 0.6) is 0 Å². The zero-order chi connectivity index (χ0) is 25.4. The second-order valence-electron chi connectivity index (χ2n) is 8.21. The number of pyridine rings is 2. The van der Waals surface area contributed by atoms with Gasteiger partial charge in [0.05, 0.1) is 40.2 Å². The summed E-state index contributed by atoms with van der Waals surface area (Å²) in [6.45, 7) is 0.992. The summed E-state index contributed by atoms with van der Waals surface area (Å²) in [5.41, 5.74) is 2.44. The summed E-state index contributed by atoms with van der Waals surface area (Å²) in [7, 11) is 0. The summed E-state index contributed by atoms with van der Waals surface area (Å²) in [6, 6.07) is 4.23. The highest BCUT2D eigenvalue weighted by Crippen LogP contribution is 2.32. The van der Waals surface area contributed by atoms with E-state index in [2.05, 4.69) is 15.3 Å². The van der Waals surface area contributed by atoms with Crippen LogP contribution in [-0.4, -0.2) is 39.8 Å². The first-order valence-corrected chi connectivity index (χ1v) is 12.2. The molecule has 36 heavy (non-hydrogen) atoms. The fourth-order valence-corrected chi connectivity index (χ4v) is 5.39. The molecule has 0 saturated heterocycles. The number of rotatable bonds is 5. The predicted octanol–water partition coefficient (Wildman–Crippen LogP) is 5.13. The molecule has 5 rings (SSSR count). The van der Waals surface area contributed by atoms with Gasteiger partial charge in [-0.25, -0.2) is 0 Å². The van der Waals surface area contributed by atoms with E-state index in [1.165, 1.54) is 23.8 Å². The topological polar surface area (TPSA) is 88.3 Å². The van der Waals surface area contributed by atoms with Crippen molar-refractivity contribution in [1.82, 2.24) is 20.2 Å². The van der Waals surface area contributed by atoms with Crippen molar-refractivity contribution in [3.63, 3.8) is 0 Å². The van der Waals surface area contributed by atoms with Crippen LogP contribution < -0.4 is 5.32 Å². The summed E-state index contributed by atoms with van der Waals surface area (Å²) in [5.74, 6) is -0.449. The Morgan fingerprint density at radius 2 is 2.06 bits per heavy atom. The number of amides is 2. The van der Waals surface area contributed by atoms with Gasteiger partial charge in [0.2, 0.25) is 0 Å². The summed E-state index contributed by atoms with van der Waals surface area (Å²) in [6.07, 6.45) is -0.0340. The van der Waals surface area contributed by atoms with E-state index in [4.69, 9.17) is 16.0 Å². The van der Waals surface area contributed by atoms with E-state index >= 15 is 0 Å². The fraction of sp³-hybridized carbons (Fsp3) is 0.250. The Bertz CT molecular complexity index is 1470. The summed E-state index contributed by atoms with van der Waals surface area (Å²) in [5, 5.41) is 4.44. The summed E-state index contributed by atoms with van der Waals surface area (Å²) < 4.78 is 43.6. The predicted molar refractivity (Wildman–Crippen MR) is 127 cm³/mol. The highest BCUT2D eigenvalue weighted by Gasteiger charge is 2.31. The van der Waals surface area contributed by atoms with Crippen LogP contribution >= 0.6 is 22.9 Å². The molecular weight excluding hydrogens is 517 g/mol. The second kappa shape index (κ2) is 9.55. The van der Waals surface area contributed by atoms with Gasteiger partial charge in [-0.2, -0.15) is 13.2 Å². The molecule has 0 aliphatic carbocycles. The van der Waals surface area contributed by atoms with Gasteiger partial charge in [0, 0.05) is 48.2 Å². The highest BCUT2D eigenvalue weighted by atomic mass is 35.5. The van der Waals surface area contributed by atoms with Gasteiger partial charge in [0.15, 0.2) is 5.58 Å². The first kappa shape index (κ1) is 24.3. The normalized spacial score (nSPS) is 13.6. The van der Waals surface area contributed by atoms with E-state index in [-0.39, 0.29) is 35.5 Å². The quantitative estimate of drug-likeness (QED) is 0.383. The van der Waals surface area contributed by atoms with Crippen LogP contribution in [0.25, 0.3) is 11.1 Å². The number of hydrogen-bond acceptors (Lipinski definition) is 6. The van der Waals surface area contributed by atoms with Crippen molar-refractivity contribution in [2.75, 3.05) is 13.1 Å². The average molecular weight is 535 g/mol. The maximum atomic E-state index is 13.0. The Morgan fingerprint density at radius 1 is 1.22 bits per heavy atom. The van der Waals surface area contributed by atoms with Crippen molar-refractivity contribution >= 4 is 45.9 Å². The molecule has 0 bridgehead atoms. The average Bonchev–Trinajstić information content (AvgIpc) is 3.50. The van der Waals surface area contributed by atoms with E-state index < -0.39 is 11.7 Å². The first-order chi connectivity index (χ1) is 17.2. The van der Waals surface area contributed by atoms with Gasteiger partial charge in [-0.3, -0.25) is 19.6 Å². The zero-order valence-corrected chi connectivity index (χ0v) is 20.1. The molecule has 0 fully saturated rings. The Labute approximate surface area is 211 Å². The first-order valence-electron chi connectivity index (χ1n) is 10.9. The Kier molecular flexibility index (Phi) is 6.44. The number of fused-ring (bicyclic) bond motifs is 2. The van der Waals surface area contributed by atoms with Crippen molar-refractivity contribution < 1.29 is 27.2 Å². The lowest BCUT2D eigenvalue weighted by molar-refractivity contribution is -0.137. The minimum atomic E-state index is -4.52. The molecule has 186 valence electrons.